The molecule has 0 atom stereocenters. The minimum absolute atomic E-state index is 0.0999. The normalized spacial score (nSPS) is 10.9. The topological polar surface area (TPSA) is 56.2 Å². The fourth-order valence-corrected chi connectivity index (χ4v) is 2.23. The molecule has 2 aromatic carbocycles. The molecule has 0 saturated carbocycles. The van der Waals surface area contributed by atoms with Gasteiger partial charge in [-0.2, -0.15) is 0 Å². The molecule has 20 heavy (non-hydrogen) atoms. The van der Waals surface area contributed by atoms with Crippen LogP contribution in [-0.4, -0.2) is 0 Å². The molecule has 2 N–H and O–H groups in total. The maximum atomic E-state index is 12.1. The highest BCUT2D eigenvalue weighted by atomic mass is 35.5. The lowest BCUT2D eigenvalue weighted by molar-refractivity contribution is 0.619. The van der Waals surface area contributed by atoms with Gasteiger partial charge in [0, 0.05) is 28.4 Å². The zero-order valence-electron chi connectivity index (χ0n) is 10.8. The smallest absolute Gasteiger partial charge is 0.193 e. The SMILES string of the molecule is Cc1ccc(-c2cc(=O)c3ccc(Cl)cc3o2)cc1N. The Morgan fingerprint density at radius 3 is 2.65 bits per heavy atom. The summed E-state index contributed by atoms with van der Waals surface area (Å²) >= 11 is 5.93. The van der Waals surface area contributed by atoms with Gasteiger partial charge in [-0.3, -0.25) is 4.79 Å². The Morgan fingerprint density at radius 1 is 1.10 bits per heavy atom. The highest BCUT2D eigenvalue weighted by molar-refractivity contribution is 6.31. The molecule has 1 heterocycles. The second-order valence-corrected chi connectivity index (χ2v) is 5.12. The number of nitrogen functional groups attached to an aromatic ring is 1. The first kappa shape index (κ1) is 12.8. The lowest BCUT2D eigenvalue weighted by atomic mass is 10.1. The van der Waals surface area contributed by atoms with E-state index >= 15 is 0 Å². The van der Waals surface area contributed by atoms with Gasteiger partial charge in [0.25, 0.3) is 0 Å². The first-order valence-corrected chi connectivity index (χ1v) is 6.52. The zero-order valence-corrected chi connectivity index (χ0v) is 11.6. The van der Waals surface area contributed by atoms with Gasteiger partial charge in [0.15, 0.2) is 5.43 Å². The average Bonchev–Trinajstić information content (AvgIpc) is 2.41. The maximum absolute atomic E-state index is 12.1. The molecule has 4 heteroatoms. The third-order valence-corrected chi connectivity index (χ3v) is 3.49. The van der Waals surface area contributed by atoms with Crippen LogP contribution < -0.4 is 11.2 Å². The summed E-state index contributed by atoms with van der Waals surface area (Å²) in [4.78, 5) is 12.1. The summed E-state index contributed by atoms with van der Waals surface area (Å²) in [5, 5.41) is 1.04. The summed E-state index contributed by atoms with van der Waals surface area (Å²) in [6, 6.07) is 12.0. The van der Waals surface area contributed by atoms with Crippen LogP contribution in [-0.2, 0) is 0 Å². The Balaban J connectivity index is 2.26. The van der Waals surface area contributed by atoms with Crippen molar-refractivity contribution in [3.63, 3.8) is 0 Å². The molecule has 0 radical (unpaired) electrons. The monoisotopic (exact) mass is 285 g/mol. The summed E-state index contributed by atoms with van der Waals surface area (Å²) in [6.07, 6.45) is 0. The molecule has 0 spiro atoms. The van der Waals surface area contributed by atoms with E-state index in [-0.39, 0.29) is 5.43 Å². The van der Waals surface area contributed by atoms with Crippen molar-refractivity contribution < 1.29 is 4.42 Å². The van der Waals surface area contributed by atoms with Crippen LogP contribution in [0.15, 0.2) is 51.7 Å². The number of hydrogen-bond donors (Lipinski definition) is 1. The molecule has 0 saturated heterocycles. The maximum Gasteiger partial charge on any atom is 0.193 e. The Kier molecular flexibility index (Phi) is 2.99. The van der Waals surface area contributed by atoms with Crippen LogP contribution in [0, 0.1) is 6.92 Å². The largest absolute Gasteiger partial charge is 0.456 e. The Morgan fingerprint density at radius 2 is 1.90 bits per heavy atom. The van der Waals surface area contributed by atoms with E-state index in [1.165, 1.54) is 6.07 Å². The van der Waals surface area contributed by atoms with E-state index < -0.39 is 0 Å². The summed E-state index contributed by atoms with van der Waals surface area (Å²) in [5.41, 5.74) is 8.68. The van der Waals surface area contributed by atoms with E-state index in [4.69, 9.17) is 21.8 Å². The standard InChI is InChI=1S/C16H12ClNO2/c1-9-2-3-10(6-13(9)18)15-8-14(19)12-5-4-11(17)7-16(12)20-15/h2-8H,18H2,1H3. The minimum atomic E-state index is -0.0999. The molecule has 3 nitrogen and oxygen atoms in total. The van der Waals surface area contributed by atoms with E-state index in [0.717, 1.165) is 11.1 Å². The van der Waals surface area contributed by atoms with E-state index in [0.29, 0.717) is 27.4 Å². The lowest BCUT2D eigenvalue weighted by Crippen LogP contribution is -2.00. The molecule has 0 aliphatic rings. The third-order valence-electron chi connectivity index (χ3n) is 3.25. The van der Waals surface area contributed by atoms with Gasteiger partial charge in [-0.15, -0.1) is 0 Å². The first-order chi connectivity index (χ1) is 9.54. The Bertz CT molecular complexity index is 868. The Hall–Kier alpha value is -2.26. The second-order valence-electron chi connectivity index (χ2n) is 4.69. The van der Waals surface area contributed by atoms with Crippen molar-refractivity contribution in [1.82, 2.24) is 0 Å². The molecule has 0 fully saturated rings. The van der Waals surface area contributed by atoms with E-state index in [9.17, 15) is 4.79 Å². The van der Waals surface area contributed by atoms with Crippen LogP contribution in [0.5, 0.6) is 0 Å². The fourth-order valence-electron chi connectivity index (χ4n) is 2.06. The summed E-state index contributed by atoms with van der Waals surface area (Å²) in [7, 11) is 0. The minimum Gasteiger partial charge on any atom is -0.456 e. The van der Waals surface area contributed by atoms with Gasteiger partial charge in [0.05, 0.1) is 5.39 Å². The van der Waals surface area contributed by atoms with E-state index in [1.54, 1.807) is 24.3 Å². The van der Waals surface area contributed by atoms with Gasteiger partial charge in [-0.1, -0.05) is 23.7 Å². The number of anilines is 1. The number of hydrogen-bond acceptors (Lipinski definition) is 3. The van der Waals surface area contributed by atoms with Crippen molar-refractivity contribution in [1.29, 1.82) is 0 Å². The van der Waals surface area contributed by atoms with Gasteiger partial charge in [-0.25, -0.2) is 0 Å². The number of halogens is 1. The van der Waals surface area contributed by atoms with Gasteiger partial charge >= 0.3 is 0 Å². The van der Waals surface area contributed by atoms with Crippen LogP contribution in [0.25, 0.3) is 22.3 Å². The third kappa shape index (κ3) is 2.17. The highest BCUT2D eigenvalue weighted by Crippen LogP contribution is 2.26. The molecule has 3 aromatic rings. The number of aryl methyl sites for hydroxylation is 1. The molecule has 0 aliphatic carbocycles. The Labute approximate surface area is 120 Å². The van der Waals surface area contributed by atoms with E-state index in [2.05, 4.69) is 0 Å². The van der Waals surface area contributed by atoms with Crippen molar-refractivity contribution in [2.24, 2.45) is 0 Å². The van der Waals surface area contributed by atoms with Crippen LogP contribution in [0.3, 0.4) is 0 Å². The van der Waals surface area contributed by atoms with Gasteiger partial charge in [0.1, 0.15) is 11.3 Å². The first-order valence-electron chi connectivity index (χ1n) is 6.14. The molecule has 0 aliphatic heterocycles. The quantitative estimate of drug-likeness (QED) is 0.687. The number of rotatable bonds is 1. The molecule has 0 bridgehead atoms. The summed E-state index contributed by atoms with van der Waals surface area (Å²) in [6.45, 7) is 1.93. The molecule has 3 rings (SSSR count). The van der Waals surface area contributed by atoms with Crippen molar-refractivity contribution in [3.8, 4) is 11.3 Å². The number of benzene rings is 2. The van der Waals surface area contributed by atoms with Crippen LogP contribution in [0.1, 0.15) is 5.56 Å². The van der Waals surface area contributed by atoms with Gasteiger partial charge in [0.2, 0.25) is 0 Å². The molecule has 0 amide bonds. The lowest BCUT2D eigenvalue weighted by Gasteiger charge is -2.06. The van der Waals surface area contributed by atoms with Crippen molar-refractivity contribution in [3.05, 3.63) is 63.3 Å². The predicted molar refractivity (Wildman–Crippen MR) is 82.1 cm³/mol. The van der Waals surface area contributed by atoms with Crippen LogP contribution in [0.4, 0.5) is 5.69 Å². The van der Waals surface area contributed by atoms with Crippen molar-refractivity contribution in [2.75, 3.05) is 5.73 Å². The van der Waals surface area contributed by atoms with Crippen molar-refractivity contribution in [2.45, 2.75) is 6.92 Å². The highest BCUT2D eigenvalue weighted by Gasteiger charge is 2.08. The molecular weight excluding hydrogens is 274 g/mol. The molecule has 100 valence electrons. The second kappa shape index (κ2) is 4.69. The van der Waals surface area contributed by atoms with Gasteiger partial charge in [-0.05, 0) is 30.7 Å². The average molecular weight is 286 g/mol. The summed E-state index contributed by atoms with van der Waals surface area (Å²) in [5.74, 6) is 0.483. The van der Waals surface area contributed by atoms with Crippen LogP contribution >= 0.6 is 11.6 Å². The predicted octanol–water partition coefficient (Wildman–Crippen LogP) is 4.00. The van der Waals surface area contributed by atoms with E-state index in [1.807, 2.05) is 19.1 Å². The fraction of sp³-hybridized carbons (Fsp3) is 0.0625. The number of fused-ring (bicyclic) bond motifs is 1. The zero-order chi connectivity index (χ0) is 14.3. The molecule has 1 aromatic heterocycles. The van der Waals surface area contributed by atoms with Gasteiger partial charge < -0.3 is 10.2 Å². The van der Waals surface area contributed by atoms with Crippen molar-refractivity contribution >= 4 is 28.3 Å². The summed E-state index contributed by atoms with van der Waals surface area (Å²) < 4.78 is 5.76. The van der Waals surface area contributed by atoms with Crippen LogP contribution in [0.2, 0.25) is 5.02 Å². The number of nitrogens with two attached hydrogens (primary N) is 1. The molecule has 0 unspecified atom stereocenters. The molecular formula is C16H12ClNO2.